The Bertz CT molecular complexity index is 485. The standard InChI is InChI=1S/C11H9FO2/c1-2-7-10(6-13)14-9-5-3-4-8(12)11(7)9/h3-6H,2H2,1H3. The SMILES string of the molecule is CCc1c(C=O)oc2cccc(F)c12. The number of benzene rings is 1. The molecule has 2 aromatic rings. The van der Waals surface area contributed by atoms with Gasteiger partial charge >= 0.3 is 0 Å². The largest absolute Gasteiger partial charge is 0.453 e. The lowest BCUT2D eigenvalue weighted by Gasteiger charge is -1.93. The van der Waals surface area contributed by atoms with Crippen LogP contribution in [0.4, 0.5) is 4.39 Å². The van der Waals surface area contributed by atoms with Gasteiger partial charge in [0.15, 0.2) is 12.0 Å². The number of hydrogen-bond donors (Lipinski definition) is 0. The van der Waals surface area contributed by atoms with Gasteiger partial charge in [0, 0.05) is 5.56 Å². The number of carbonyl (C=O) groups excluding carboxylic acids is 1. The lowest BCUT2D eigenvalue weighted by Crippen LogP contribution is -1.86. The molecule has 0 spiro atoms. The summed E-state index contributed by atoms with van der Waals surface area (Å²) in [6.07, 6.45) is 1.21. The van der Waals surface area contributed by atoms with E-state index in [1.807, 2.05) is 6.92 Å². The monoisotopic (exact) mass is 192 g/mol. The molecule has 0 saturated carbocycles. The predicted octanol–water partition coefficient (Wildman–Crippen LogP) is 2.95. The number of hydrogen-bond acceptors (Lipinski definition) is 2. The van der Waals surface area contributed by atoms with Gasteiger partial charge in [-0.1, -0.05) is 13.0 Å². The molecule has 0 atom stereocenters. The van der Waals surface area contributed by atoms with E-state index in [4.69, 9.17) is 4.42 Å². The van der Waals surface area contributed by atoms with Crippen LogP contribution in [0.3, 0.4) is 0 Å². The maximum absolute atomic E-state index is 13.4. The van der Waals surface area contributed by atoms with Crippen molar-refractivity contribution in [1.82, 2.24) is 0 Å². The molecule has 0 amide bonds. The average Bonchev–Trinajstić information content (AvgIpc) is 2.56. The van der Waals surface area contributed by atoms with Crippen molar-refractivity contribution >= 4 is 17.3 Å². The van der Waals surface area contributed by atoms with E-state index in [2.05, 4.69) is 0 Å². The Balaban J connectivity index is 2.88. The molecule has 1 aromatic heterocycles. The molecule has 0 fully saturated rings. The third kappa shape index (κ3) is 1.13. The fourth-order valence-corrected chi connectivity index (χ4v) is 1.63. The van der Waals surface area contributed by atoms with Gasteiger partial charge < -0.3 is 4.42 Å². The van der Waals surface area contributed by atoms with Crippen molar-refractivity contribution < 1.29 is 13.6 Å². The molecule has 1 aromatic carbocycles. The van der Waals surface area contributed by atoms with E-state index < -0.39 is 0 Å². The number of fused-ring (bicyclic) bond motifs is 1. The van der Waals surface area contributed by atoms with Crippen molar-refractivity contribution in [2.45, 2.75) is 13.3 Å². The number of halogens is 1. The van der Waals surface area contributed by atoms with Gasteiger partial charge in [-0.2, -0.15) is 0 Å². The van der Waals surface area contributed by atoms with Crippen molar-refractivity contribution in [3.63, 3.8) is 0 Å². The zero-order valence-corrected chi connectivity index (χ0v) is 7.71. The van der Waals surface area contributed by atoms with Crippen molar-refractivity contribution in [3.8, 4) is 0 Å². The van der Waals surface area contributed by atoms with Crippen LogP contribution < -0.4 is 0 Å². The molecule has 0 radical (unpaired) electrons. The average molecular weight is 192 g/mol. The smallest absolute Gasteiger partial charge is 0.185 e. The van der Waals surface area contributed by atoms with E-state index >= 15 is 0 Å². The highest BCUT2D eigenvalue weighted by Crippen LogP contribution is 2.27. The summed E-state index contributed by atoms with van der Waals surface area (Å²) in [4.78, 5) is 10.7. The molecule has 14 heavy (non-hydrogen) atoms. The zero-order valence-electron chi connectivity index (χ0n) is 7.71. The van der Waals surface area contributed by atoms with Gasteiger partial charge in [0.1, 0.15) is 11.4 Å². The molecule has 2 rings (SSSR count). The number of rotatable bonds is 2. The number of furan rings is 1. The normalized spacial score (nSPS) is 10.7. The minimum absolute atomic E-state index is 0.229. The van der Waals surface area contributed by atoms with Crippen LogP contribution >= 0.6 is 0 Å². The van der Waals surface area contributed by atoms with Gasteiger partial charge in [-0.25, -0.2) is 4.39 Å². The second-order valence-corrected chi connectivity index (χ2v) is 3.03. The summed E-state index contributed by atoms with van der Waals surface area (Å²) in [5, 5.41) is 0.428. The highest BCUT2D eigenvalue weighted by molar-refractivity contribution is 5.90. The van der Waals surface area contributed by atoms with Gasteiger partial charge in [-0.15, -0.1) is 0 Å². The lowest BCUT2D eigenvalue weighted by atomic mass is 10.1. The second-order valence-electron chi connectivity index (χ2n) is 3.03. The van der Waals surface area contributed by atoms with Crippen LogP contribution in [0.15, 0.2) is 22.6 Å². The van der Waals surface area contributed by atoms with Crippen molar-refractivity contribution in [2.24, 2.45) is 0 Å². The molecule has 0 N–H and O–H groups in total. The van der Waals surface area contributed by atoms with Gasteiger partial charge in [0.25, 0.3) is 0 Å². The summed E-state index contributed by atoms with van der Waals surface area (Å²) in [7, 11) is 0. The summed E-state index contributed by atoms with van der Waals surface area (Å²) in [5.41, 5.74) is 1.08. The zero-order chi connectivity index (χ0) is 10.1. The third-order valence-corrected chi connectivity index (χ3v) is 2.26. The van der Waals surface area contributed by atoms with E-state index in [0.29, 0.717) is 29.2 Å². The topological polar surface area (TPSA) is 30.2 Å². The molecule has 0 saturated heterocycles. The van der Waals surface area contributed by atoms with E-state index in [0.717, 1.165) is 0 Å². The van der Waals surface area contributed by atoms with Crippen LogP contribution in [-0.2, 0) is 6.42 Å². The first-order valence-corrected chi connectivity index (χ1v) is 4.43. The summed E-state index contributed by atoms with van der Waals surface area (Å²) < 4.78 is 18.6. The quantitative estimate of drug-likeness (QED) is 0.685. The van der Waals surface area contributed by atoms with E-state index in [1.54, 1.807) is 12.1 Å². The highest BCUT2D eigenvalue weighted by atomic mass is 19.1. The fourth-order valence-electron chi connectivity index (χ4n) is 1.63. The Kier molecular flexibility index (Phi) is 2.08. The maximum atomic E-state index is 13.4. The van der Waals surface area contributed by atoms with E-state index in [9.17, 15) is 9.18 Å². The molecule has 0 aliphatic heterocycles. The first kappa shape index (κ1) is 8.94. The Morgan fingerprint density at radius 1 is 1.50 bits per heavy atom. The second kappa shape index (κ2) is 3.25. The molecule has 2 nitrogen and oxygen atoms in total. The molecule has 1 heterocycles. The van der Waals surface area contributed by atoms with E-state index in [-0.39, 0.29) is 11.6 Å². The highest BCUT2D eigenvalue weighted by Gasteiger charge is 2.14. The van der Waals surface area contributed by atoms with Crippen LogP contribution in [0, 0.1) is 5.82 Å². The number of carbonyl (C=O) groups is 1. The van der Waals surface area contributed by atoms with Gasteiger partial charge in [-0.05, 0) is 18.6 Å². The summed E-state index contributed by atoms with van der Waals surface area (Å²) >= 11 is 0. The predicted molar refractivity (Wildman–Crippen MR) is 50.9 cm³/mol. The molecular weight excluding hydrogens is 183 g/mol. The summed E-state index contributed by atoms with van der Waals surface area (Å²) in [6.45, 7) is 1.86. The molecule has 3 heteroatoms. The summed E-state index contributed by atoms with van der Waals surface area (Å²) in [6, 6.07) is 4.59. The van der Waals surface area contributed by atoms with Crippen LogP contribution in [0.1, 0.15) is 23.0 Å². The molecular formula is C11H9FO2. The Labute approximate surface area is 80.3 Å². The molecule has 0 bridgehead atoms. The molecule has 0 unspecified atom stereocenters. The first-order valence-electron chi connectivity index (χ1n) is 4.43. The minimum Gasteiger partial charge on any atom is -0.453 e. The van der Waals surface area contributed by atoms with Gasteiger partial charge in [-0.3, -0.25) is 4.79 Å². The first-order chi connectivity index (χ1) is 6.77. The van der Waals surface area contributed by atoms with Crippen LogP contribution in [0.25, 0.3) is 11.0 Å². The van der Waals surface area contributed by atoms with Crippen molar-refractivity contribution in [2.75, 3.05) is 0 Å². The Morgan fingerprint density at radius 3 is 2.93 bits per heavy atom. The third-order valence-electron chi connectivity index (χ3n) is 2.26. The van der Waals surface area contributed by atoms with Gasteiger partial charge in [0.2, 0.25) is 0 Å². The Hall–Kier alpha value is -1.64. The lowest BCUT2D eigenvalue weighted by molar-refractivity contribution is 0.110. The van der Waals surface area contributed by atoms with E-state index in [1.165, 1.54) is 6.07 Å². The fraction of sp³-hybridized carbons (Fsp3) is 0.182. The minimum atomic E-state index is -0.337. The van der Waals surface area contributed by atoms with Crippen LogP contribution in [-0.4, -0.2) is 6.29 Å². The number of aryl methyl sites for hydroxylation is 1. The van der Waals surface area contributed by atoms with Crippen molar-refractivity contribution in [1.29, 1.82) is 0 Å². The van der Waals surface area contributed by atoms with Crippen LogP contribution in [0.2, 0.25) is 0 Å². The maximum Gasteiger partial charge on any atom is 0.185 e. The molecule has 72 valence electrons. The van der Waals surface area contributed by atoms with Crippen molar-refractivity contribution in [3.05, 3.63) is 35.3 Å². The number of aldehydes is 1. The van der Waals surface area contributed by atoms with Gasteiger partial charge in [0.05, 0.1) is 5.39 Å². The molecule has 0 aliphatic carbocycles. The summed E-state index contributed by atoms with van der Waals surface area (Å²) in [5.74, 6) is -0.108. The van der Waals surface area contributed by atoms with Crippen LogP contribution in [0.5, 0.6) is 0 Å². The molecule has 0 aliphatic rings. The Morgan fingerprint density at radius 2 is 2.29 bits per heavy atom.